The summed E-state index contributed by atoms with van der Waals surface area (Å²) in [4.78, 5) is 17.0. The zero-order valence-electron chi connectivity index (χ0n) is 11.2. The van der Waals surface area contributed by atoms with E-state index in [1.54, 1.807) is 25.2 Å². The van der Waals surface area contributed by atoms with E-state index in [-0.39, 0.29) is 5.78 Å². The first-order chi connectivity index (χ1) is 8.57. The summed E-state index contributed by atoms with van der Waals surface area (Å²) in [7, 11) is 0. The Morgan fingerprint density at radius 3 is 2.67 bits per heavy atom. The van der Waals surface area contributed by atoms with E-state index in [4.69, 9.17) is 0 Å². The summed E-state index contributed by atoms with van der Waals surface area (Å²) in [5.74, 6) is -0.160. The maximum Gasteiger partial charge on any atom is 0.190 e. The second kappa shape index (κ2) is 5.59. The molecule has 1 aliphatic rings. The van der Waals surface area contributed by atoms with Gasteiger partial charge < -0.3 is 0 Å². The normalized spacial score (nSPS) is 28.1. The Bertz CT molecular complexity index is 503. The van der Waals surface area contributed by atoms with Gasteiger partial charge in [-0.25, -0.2) is 0 Å². The molecule has 0 bridgehead atoms. The van der Waals surface area contributed by atoms with E-state index in [1.165, 1.54) is 0 Å². The van der Waals surface area contributed by atoms with Crippen molar-refractivity contribution in [1.29, 1.82) is 5.26 Å². The van der Waals surface area contributed by atoms with E-state index in [2.05, 4.69) is 17.6 Å². The summed E-state index contributed by atoms with van der Waals surface area (Å²) >= 11 is 0. The van der Waals surface area contributed by atoms with Gasteiger partial charge in [0.05, 0.1) is 11.8 Å². The molecule has 0 aromatic carbocycles. The Hall–Kier alpha value is -1.95. The molecule has 3 heteroatoms. The number of aliphatic imine (C=N–C) groups is 1. The van der Waals surface area contributed by atoms with Crippen LogP contribution in [-0.2, 0) is 4.79 Å². The zero-order valence-corrected chi connectivity index (χ0v) is 11.2. The lowest BCUT2D eigenvalue weighted by Gasteiger charge is -2.30. The van der Waals surface area contributed by atoms with Crippen LogP contribution in [0.15, 0.2) is 41.1 Å². The highest BCUT2D eigenvalue weighted by molar-refractivity contribution is 6.22. The van der Waals surface area contributed by atoms with Crippen molar-refractivity contribution in [2.75, 3.05) is 0 Å². The number of Topliss-reactive ketones (excluding diaryl/α,β-unsaturated/α-hetero) is 1. The van der Waals surface area contributed by atoms with E-state index in [0.29, 0.717) is 23.4 Å². The number of rotatable bonds is 3. The predicted octanol–water partition coefficient (Wildman–Crippen LogP) is 3.36. The van der Waals surface area contributed by atoms with Crippen LogP contribution < -0.4 is 0 Å². The van der Waals surface area contributed by atoms with Gasteiger partial charge in [-0.1, -0.05) is 32.1 Å². The molecule has 1 rings (SSSR count). The molecule has 0 saturated heterocycles. The zero-order chi connectivity index (χ0) is 13.8. The molecule has 94 valence electrons. The van der Waals surface area contributed by atoms with Gasteiger partial charge in [0, 0.05) is 11.3 Å². The lowest BCUT2D eigenvalue weighted by atomic mass is 9.71. The summed E-state index contributed by atoms with van der Waals surface area (Å²) in [6.45, 7) is 9.15. The van der Waals surface area contributed by atoms with Crippen molar-refractivity contribution in [2.24, 2.45) is 10.4 Å². The van der Waals surface area contributed by atoms with Crippen LogP contribution >= 0.6 is 0 Å². The first-order valence-corrected chi connectivity index (χ1v) is 6.08. The van der Waals surface area contributed by atoms with Gasteiger partial charge in [0.25, 0.3) is 0 Å². The van der Waals surface area contributed by atoms with Gasteiger partial charge >= 0.3 is 0 Å². The maximum absolute atomic E-state index is 12.6. The Morgan fingerprint density at radius 2 is 2.22 bits per heavy atom. The molecule has 0 radical (unpaired) electrons. The van der Waals surface area contributed by atoms with Gasteiger partial charge in [0.2, 0.25) is 0 Å². The number of allylic oxidation sites excluding steroid dienone is 4. The lowest BCUT2D eigenvalue weighted by molar-refractivity contribution is -0.119. The van der Waals surface area contributed by atoms with E-state index >= 15 is 0 Å². The minimum Gasteiger partial charge on any atom is -0.292 e. The number of carbonyl (C=O) groups is 1. The number of nitrogens with zero attached hydrogens (tertiary/aromatic N) is 2. The highest BCUT2D eigenvalue weighted by Gasteiger charge is 2.45. The van der Waals surface area contributed by atoms with Crippen LogP contribution in [0, 0.1) is 16.7 Å². The minimum atomic E-state index is -1.10. The molecule has 1 aliphatic heterocycles. The van der Waals surface area contributed by atoms with Gasteiger partial charge in [0.15, 0.2) is 11.2 Å². The predicted molar refractivity (Wildman–Crippen MR) is 73.1 cm³/mol. The number of nitriles is 1. The van der Waals surface area contributed by atoms with Crippen LogP contribution in [0.5, 0.6) is 0 Å². The molecular weight excluding hydrogens is 224 g/mol. The fourth-order valence-corrected chi connectivity index (χ4v) is 2.20. The molecule has 1 atom stereocenters. The lowest BCUT2D eigenvalue weighted by Crippen LogP contribution is -2.41. The smallest absolute Gasteiger partial charge is 0.190 e. The molecule has 0 N–H and O–H groups in total. The van der Waals surface area contributed by atoms with Crippen molar-refractivity contribution in [2.45, 2.75) is 33.6 Å². The average molecular weight is 242 g/mol. The van der Waals surface area contributed by atoms with Crippen LogP contribution in [0.25, 0.3) is 0 Å². The molecule has 18 heavy (non-hydrogen) atoms. The Balaban J connectivity index is 3.51. The fraction of sp³-hybridized carbons (Fsp3) is 0.400. The van der Waals surface area contributed by atoms with Gasteiger partial charge in [-0.3, -0.25) is 9.79 Å². The molecule has 0 spiro atoms. The standard InChI is InChI=1S/C15H18N2O/c1-5-8-12-13(7-3)17-11(4)15(10-16,9-6-2)14(12)18/h5,7-8H,1,6,9H2,2-4H3/b12-8+,13-7+. The van der Waals surface area contributed by atoms with E-state index in [1.807, 2.05) is 13.8 Å². The summed E-state index contributed by atoms with van der Waals surface area (Å²) < 4.78 is 0. The maximum atomic E-state index is 12.6. The van der Waals surface area contributed by atoms with Crippen molar-refractivity contribution in [3.05, 3.63) is 36.1 Å². The van der Waals surface area contributed by atoms with Crippen LogP contribution in [-0.4, -0.2) is 11.5 Å². The number of ketones is 1. The highest BCUT2D eigenvalue weighted by Crippen LogP contribution is 2.37. The van der Waals surface area contributed by atoms with Crippen LogP contribution in [0.1, 0.15) is 33.6 Å². The highest BCUT2D eigenvalue weighted by atomic mass is 16.1. The molecule has 3 nitrogen and oxygen atoms in total. The van der Waals surface area contributed by atoms with E-state index < -0.39 is 5.41 Å². The molecule has 1 heterocycles. The van der Waals surface area contributed by atoms with Gasteiger partial charge in [0.1, 0.15) is 0 Å². The van der Waals surface area contributed by atoms with Crippen molar-refractivity contribution >= 4 is 11.5 Å². The summed E-state index contributed by atoms with van der Waals surface area (Å²) in [5.41, 5.74) is 0.592. The first-order valence-electron chi connectivity index (χ1n) is 6.08. The summed E-state index contributed by atoms with van der Waals surface area (Å²) in [6, 6.07) is 2.17. The van der Waals surface area contributed by atoms with Crippen molar-refractivity contribution in [1.82, 2.24) is 0 Å². The number of hydrogen-bond acceptors (Lipinski definition) is 3. The van der Waals surface area contributed by atoms with Crippen molar-refractivity contribution < 1.29 is 4.79 Å². The minimum absolute atomic E-state index is 0.160. The number of hydrogen-bond donors (Lipinski definition) is 0. The van der Waals surface area contributed by atoms with E-state index in [0.717, 1.165) is 6.42 Å². The third kappa shape index (κ3) is 2.06. The SMILES string of the molecule is C=C/C=C1/C(=O)C(C#N)(CCC)C(C)=N/C1=C/C. The summed E-state index contributed by atoms with van der Waals surface area (Å²) in [6.07, 6.45) is 6.24. The van der Waals surface area contributed by atoms with Crippen molar-refractivity contribution in [3.8, 4) is 6.07 Å². The molecule has 0 saturated carbocycles. The topological polar surface area (TPSA) is 53.2 Å². The molecule has 0 aliphatic carbocycles. The van der Waals surface area contributed by atoms with Gasteiger partial charge in [-0.05, 0) is 26.3 Å². The first kappa shape index (κ1) is 14.1. The molecule has 0 amide bonds. The van der Waals surface area contributed by atoms with Crippen molar-refractivity contribution in [3.63, 3.8) is 0 Å². The quantitative estimate of drug-likeness (QED) is 0.712. The third-order valence-electron chi connectivity index (χ3n) is 3.19. The third-order valence-corrected chi connectivity index (χ3v) is 3.19. The van der Waals surface area contributed by atoms with Gasteiger partial charge in [-0.2, -0.15) is 5.26 Å². The molecule has 0 aromatic rings. The monoisotopic (exact) mass is 242 g/mol. The summed E-state index contributed by atoms with van der Waals surface area (Å²) in [5, 5.41) is 9.43. The van der Waals surface area contributed by atoms with Crippen LogP contribution in [0.2, 0.25) is 0 Å². The Morgan fingerprint density at radius 1 is 1.56 bits per heavy atom. The molecule has 1 unspecified atom stereocenters. The van der Waals surface area contributed by atoms with Crippen LogP contribution in [0.3, 0.4) is 0 Å². The fourth-order valence-electron chi connectivity index (χ4n) is 2.20. The Labute approximate surface area is 108 Å². The molecular formula is C15H18N2O. The number of carbonyl (C=O) groups excluding carboxylic acids is 1. The van der Waals surface area contributed by atoms with Crippen LogP contribution in [0.4, 0.5) is 0 Å². The molecule has 0 aromatic heterocycles. The Kier molecular flexibility index (Phi) is 4.38. The second-order valence-electron chi connectivity index (χ2n) is 4.28. The second-order valence-corrected chi connectivity index (χ2v) is 4.28. The largest absolute Gasteiger partial charge is 0.292 e. The van der Waals surface area contributed by atoms with E-state index in [9.17, 15) is 10.1 Å². The molecule has 0 fully saturated rings. The average Bonchev–Trinajstić information content (AvgIpc) is 2.37. The van der Waals surface area contributed by atoms with Gasteiger partial charge in [-0.15, -0.1) is 0 Å².